The zero-order chi connectivity index (χ0) is 20.7. The van der Waals surface area contributed by atoms with Gasteiger partial charge in [0.05, 0.1) is 11.4 Å². The van der Waals surface area contributed by atoms with Crippen LogP contribution in [0.3, 0.4) is 0 Å². The smallest absolute Gasteiger partial charge is 0.261 e. The van der Waals surface area contributed by atoms with Crippen LogP contribution in [0.4, 0.5) is 5.69 Å². The van der Waals surface area contributed by atoms with Crippen molar-refractivity contribution in [3.63, 3.8) is 0 Å². The highest BCUT2D eigenvalue weighted by Crippen LogP contribution is 2.16. The second-order valence-electron chi connectivity index (χ2n) is 6.41. The molecule has 0 aliphatic carbocycles. The van der Waals surface area contributed by atoms with Crippen molar-refractivity contribution in [1.82, 2.24) is 5.32 Å². The van der Waals surface area contributed by atoms with Crippen LogP contribution in [0.5, 0.6) is 5.75 Å². The molecule has 0 saturated heterocycles. The van der Waals surface area contributed by atoms with Crippen molar-refractivity contribution in [3.8, 4) is 5.75 Å². The Morgan fingerprint density at radius 2 is 1.55 bits per heavy atom. The van der Waals surface area contributed by atoms with Crippen LogP contribution in [0.1, 0.15) is 15.9 Å². The van der Waals surface area contributed by atoms with E-state index < -0.39 is 10.0 Å². The Bertz CT molecular complexity index is 1050. The molecule has 0 spiro atoms. The van der Waals surface area contributed by atoms with Crippen molar-refractivity contribution in [2.24, 2.45) is 0 Å². The number of rotatable bonds is 8. The molecule has 7 heteroatoms. The highest BCUT2D eigenvalue weighted by Gasteiger charge is 2.13. The summed E-state index contributed by atoms with van der Waals surface area (Å²) < 4.78 is 32.7. The van der Waals surface area contributed by atoms with Gasteiger partial charge < -0.3 is 10.1 Å². The summed E-state index contributed by atoms with van der Waals surface area (Å²) in [6.45, 7) is 2.71. The fraction of sp³-hybridized carbons (Fsp3) is 0.136. The van der Waals surface area contributed by atoms with E-state index in [2.05, 4.69) is 10.0 Å². The van der Waals surface area contributed by atoms with Gasteiger partial charge >= 0.3 is 0 Å². The van der Waals surface area contributed by atoms with Crippen molar-refractivity contribution in [2.75, 3.05) is 17.9 Å². The standard InChI is InChI=1S/C22H22N2O4S/c1-17-7-13-20(14-8-17)28-16-15-23-22(25)18-9-11-19(12-10-18)24-29(26,27)21-5-3-2-4-6-21/h2-14,24H,15-16H2,1H3,(H,23,25). The van der Waals surface area contributed by atoms with Gasteiger partial charge in [0.15, 0.2) is 0 Å². The van der Waals surface area contributed by atoms with Crippen molar-refractivity contribution in [1.29, 1.82) is 0 Å². The average molecular weight is 410 g/mol. The topological polar surface area (TPSA) is 84.5 Å². The Labute approximate surface area is 170 Å². The zero-order valence-corrected chi connectivity index (χ0v) is 16.8. The van der Waals surface area contributed by atoms with Crippen molar-refractivity contribution in [2.45, 2.75) is 11.8 Å². The SMILES string of the molecule is Cc1ccc(OCCNC(=O)c2ccc(NS(=O)(=O)c3ccccc3)cc2)cc1. The van der Waals surface area contributed by atoms with Gasteiger partial charge in [0.2, 0.25) is 0 Å². The van der Waals surface area contributed by atoms with Crippen molar-refractivity contribution < 1.29 is 17.9 Å². The van der Waals surface area contributed by atoms with Crippen LogP contribution in [0.25, 0.3) is 0 Å². The van der Waals surface area contributed by atoms with E-state index in [0.29, 0.717) is 24.4 Å². The van der Waals surface area contributed by atoms with Crippen LogP contribution >= 0.6 is 0 Å². The molecule has 6 nitrogen and oxygen atoms in total. The first-order valence-corrected chi connectivity index (χ1v) is 10.6. The lowest BCUT2D eigenvalue weighted by Gasteiger charge is -2.10. The normalized spacial score (nSPS) is 10.9. The minimum atomic E-state index is -3.66. The highest BCUT2D eigenvalue weighted by atomic mass is 32.2. The van der Waals surface area contributed by atoms with Crippen molar-refractivity contribution >= 4 is 21.6 Å². The van der Waals surface area contributed by atoms with E-state index in [-0.39, 0.29) is 10.8 Å². The van der Waals surface area contributed by atoms with Crippen LogP contribution in [-0.4, -0.2) is 27.5 Å². The monoisotopic (exact) mass is 410 g/mol. The van der Waals surface area contributed by atoms with E-state index in [1.165, 1.54) is 12.1 Å². The average Bonchev–Trinajstić information content (AvgIpc) is 2.73. The van der Waals surface area contributed by atoms with Gasteiger partial charge in [-0.05, 0) is 55.5 Å². The van der Waals surface area contributed by atoms with Crippen molar-refractivity contribution in [3.05, 3.63) is 90.0 Å². The third-order valence-corrected chi connectivity index (χ3v) is 5.53. The number of anilines is 1. The predicted octanol–water partition coefficient (Wildman–Crippen LogP) is 3.60. The molecule has 2 N–H and O–H groups in total. The van der Waals surface area contributed by atoms with E-state index in [1.54, 1.807) is 42.5 Å². The molecule has 0 bridgehead atoms. The highest BCUT2D eigenvalue weighted by molar-refractivity contribution is 7.92. The molecule has 0 heterocycles. The van der Waals surface area contributed by atoms with Gasteiger partial charge in [0.1, 0.15) is 12.4 Å². The molecule has 29 heavy (non-hydrogen) atoms. The molecule has 3 aromatic rings. The van der Waals surface area contributed by atoms with E-state index in [1.807, 2.05) is 31.2 Å². The van der Waals surface area contributed by atoms with Gasteiger partial charge in [-0.1, -0.05) is 35.9 Å². The summed E-state index contributed by atoms with van der Waals surface area (Å²) in [6.07, 6.45) is 0. The minimum Gasteiger partial charge on any atom is -0.492 e. The van der Waals surface area contributed by atoms with Crippen LogP contribution in [0, 0.1) is 6.92 Å². The molecule has 0 aliphatic heterocycles. The minimum absolute atomic E-state index is 0.176. The zero-order valence-electron chi connectivity index (χ0n) is 16.0. The van der Waals surface area contributed by atoms with Gasteiger partial charge in [-0.15, -0.1) is 0 Å². The number of amides is 1. The Morgan fingerprint density at radius 3 is 2.21 bits per heavy atom. The molecule has 0 saturated carbocycles. The number of ether oxygens (including phenoxy) is 1. The van der Waals surface area contributed by atoms with Crippen LogP contribution < -0.4 is 14.8 Å². The third-order valence-electron chi connectivity index (χ3n) is 4.13. The second-order valence-corrected chi connectivity index (χ2v) is 8.10. The molecule has 0 radical (unpaired) electrons. The van der Waals surface area contributed by atoms with E-state index in [4.69, 9.17) is 4.74 Å². The third kappa shape index (κ3) is 5.83. The van der Waals surface area contributed by atoms with Crippen LogP contribution in [0.15, 0.2) is 83.8 Å². The molecular weight excluding hydrogens is 388 g/mol. The molecule has 150 valence electrons. The fourth-order valence-corrected chi connectivity index (χ4v) is 3.65. The number of carbonyl (C=O) groups is 1. The quantitative estimate of drug-likeness (QED) is 0.556. The Hall–Kier alpha value is -3.32. The number of aryl methyl sites for hydroxylation is 1. The molecule has 0 aromatic heterocycles. The van der Waals surface area contributed by atoms with E-state index in [0.717, 1.165) is 11.3 Å². The second kappa shape index (κ2) is 9.25. The summed E-state index contributed by atoms with van der Waals surface area (Å²) in [7, 11) is -3.66. The first kappa shape index (κ1) is 20.4. The van der Waals surface area contributed by atoms with Gasteiger partial charge in [0.25, 0.3) is 15.9 Å². The predicted molar refractivity (Wildman–Crippen MR) is 113 cm³/mol. The number of hydrogen-bond donors (Lipinski definition) is 2. The number of hydrogen-bond acceptors (Lipinski definition) is 4. The summed E-state index contributed by atoms with van der Waals surface area (Å²) in [5, 5.41) is 2.77. The molecule has 3 rings (SSSR count). The van der Waals surface area contributed by atoms with Crippen LogP contribution in [0.2, 0.25) is 0 Å². The molecule has 0 aliphatic rings. The van der Waals surface area contributed by atoms with E-state index in [9.17, 15) is 13.2 Å². The van der Waals surface area contributed by atoms with E-state index >= 15 is 0 Å². The summed E-state index contributed by atoms with van der Waals surface area (Å²) in [5.41, 5.74) is 1.97. The maximum Gasteiger partial charge on any atom is 0.261 e. The number of nitrogens with one attached hydrogen (secondary N) is 2. The Morgan fingerprint density at radius 1 is 0.897 bits per heavy atom. The lowest BCUT2D eigenvalue weighted by Crippen LogP contribution is -2.28. The van der Waals surface area contributed by atoms with Crippen LogP contribution in [-0.2, 0) is 10.0 Å². The lowest BCUT2D eigenvalue weighted by molar-refractivity contribution is 0.0947. The summed E-state index contributed by atoms with van der Waals surface area (Å²) >= 11 is 0. The molecule has 1 amide bonds. The molecule has 0 atom stereocenters. The molecule has 0 unspecified atom stereocenters. The van der Waals surface area contributed by atoms with Gasteiger partial charge in [-0.3, -0.25) is 9.52 Å². The maximum atomic E-state index is 12.3. The number of carbonyl (C=O) groups excluding carboxylic acids is 1. The van der Waals surface area contributed by atoms with Gasteiger partial charge in [0, 0.05) is 11.3 Å². The molecule has 3 aromatic carbocycles. The first-order chi connectivity index (χ1) is 13.9. The first-order valence-electron chi connectivity index (χ1n) is 9.10. The lowest BCUT2D eigenvalue weighted by atomic mass is 10.2. The summed E-state index contributed by atoms with van der Waals surface area (Å²) in [6, 6.07) is 22.0. The fourth-order valence-electron chi connectivity index (χ4n) is 2.57. The summed E-state index contributed by atoms with van der Waals surface area (Å²) in [5.74, 6) is 0.495. The Kier molecular flexibility index (Phi) is 6.51. The number of benzene rings is 3. The van der Waals surface area contributed by atoms with Gasteiger partial charge in [-0.2, -0.15) is 0 Å². The maximum absolute atomic E-state index is 12.3. The van der Waals surface area contributed by atoms with Gasteiger partial charge in [-0.25, -0.2) is 8.42 Å². The summed E-state index contributed by atoms with van der Waals surface area (Å²) in [4.78, 5) is 12.4. The molecular formula is C22H22N2O4S. The number of sulfonamides is 1. The Balaban J connectivity index is 1.50. The molecule has 0 fully saturated rings. The largest absolute Gasteiger partial charge is 0.492 e.